The van der Waals surface area contributed by atoms with Gasteiger partial charge in [-0.1, -0.05) is 19.4 Å². The zero-order chi connectivity index (χ0) is 21.4. The van der Waals surface area contributed by atoms with Gasteiger partial charge >= 0.3 is 7.60 Å². The summed E-state index contributed by atoms with van der Waals surface area (Å²) in [6.45, 7) is 3.94. The Bertz CT molecular complexity index is 831. The summed E-state index contributed by atoms with van der Waals surface area (Å²) in [5, 5.41) is 22.6. The van der Waals surface area contributed by atoms with Crippen molar-refractivity contribution in [3.05, 3.63) is 11.6 Å². The van der Waals surface area contributed by atoms with Gasteiger partial charge in [0.05, 0.1) is 6.10 Å². The van der Waals surface area contributed by atoms with Crippen molar-refractivity contribution in [3.63, 3.8) is 0 Å². The summed E-state index contributed by atoms with van der Waals surface area (Å²) in [6.07, 6.45) is 3.79. The third-order valence-corrected chi connectivity index (χ3v) is 9.56. The fourth-order valence-corrected chi connectivity index (χ4v) is 8.10. The van der Waals surface area contributed by atoms with Crippen LogP contribution in [0.1, 0.15) is 58.8 Å². The lowest BCUT2D eigenvalue weighted by atomic mass is 9.45. The maximum absolute atomic E-state index is 12.8. The predicted molar refractivity (Wildman–Crippen MR) is 105 cm³/mol. The van der Waals surface area contributed by atoms with Crippen LogP contribution in [0.2, 0.25) is 0 Å². The second kappa shape index (κ2) is 6.57. The van der Waals surface area contributed by atoms with E-state index in [2.05, 4.69) is 6.92 Å². The van der Waals surface area contributed by atoms with Gasteiger partial charge in [0, 0.05) is 11.8 Å². The Balaban J connectivity index is 1.69. The standard InChI is InChI=1S/C21H31O7P/c1-19-7-5-13(22)9-12(19)3-4-14-15-6-8-21(25,17(24)11-29(26,27)28)20(15,2)10-16(23)18(14)19/h9,14-16,18,23,25H,3-8,10-11H2,1-2H3,(H2,26,27,28)/t14?,15?,16?,18?,19-,20-,21-/m0/s1. The fraction of sp³-hybridized carbons (Fsp3) is 0.810. The number of aliphatic hydroxyl groups excluding tert-OH is 1. The molecule has 4 rings (SSSR count). The normalized spacial score (nSPS) is 47.1. The highest BCUT2D eigenvalue weighted by Crippen LogP contribution is 2.67. The van der Waals surface area contributed by atoms with Crippen LogP contribution in [-0.4, -0.2) is 49.4 Å². The zero-order valence-corrected chi connectivity index (χ0v) is 17.9. The number of aliphatic hydroxyl groups is 2. The SMILES string of the molecule is C[C@]12CCC(=O)C=C1CCC1C2C(O)C[C@@]2(C)C1CC[C@]2(O)C(=O)CP(=O)(O)O. The van der Waals surface area contributed by atoms with Crippen LogP contribution in [0.5, 0.6) is 0 Å². The first-order valence-corrected chi connectivity index (χ1v) is 12.3. The van der Waals surface area contributed by atoms with Gasteiger partial charge in [-0.15, -0.1) is 0 Å². The van der Waals surface area contributed by atoms with Crippen molar-refractivity contribution < 1.29 is 34.2 Å². The van der Waals surface area contributed by atoms with Gasteiger partial charge < -0.3 is 20.0 Å². The average Bonchev–Trinajstić information content (AvgIpc) is 2.86. The first-order chi connectivity index (χ1) is 13.3. The predicted octanol–water partition coefficient (Wildman–Crippen LogP) is 1.97. The van der Waals surface area contributed by atoms with Gasteiger partial charge in [0.25, 0.3) is 0 Å². The fourth-order valence-electron chi connectivity index (χ4n) is 7.47. The Kier molecular flexibility index (Phi) is 4.85. The molecule has 0 bridgehead atoms. The topological polar surface area (TPSA) is 132 Å². The molecule has 3 fully saturated rings. The summed E-state index contributed by atoms with van der Waals surface area (Å²) in [7, 11) is -4.59. The van der Waals surface area contributed by atoms with E-state index in [0.717, 1.165) is 18.4 Å². The Morgan fingerprint density at radius 1 is 1.21 bits per heavy atom. The maximum Gasteiger partial charge on any atom is 0.333 e. The number of ketones is 2. The molecule has 162 valence electrons. The molecule has 7 nitrogen and oxygen atoms in total. The van der Waals surface area contributed by atoms with Crippen LogP contribution in [-0.2, 0) is 14.2 Å². The molecule has 0 saturated heterocycles. The quantitative estimate of drug-likeness (QED) is 0.507. The summed E-state index contributed by atoms with van der Waals surface area (Å²) in [6, 6.07) is 0. The van der Waals surface area contributed by atoms with Crippen molar-refractivity contribution in [1.82, 2.24) is 0 Å². The van der Waals surface area contributed by atoms with Crippen molar-refractivity contribution in [2.75, 3.05) is 6.16 Å². The van der Waals surface area contributed by atoms with Crippen LogP contribution in [0.3, 0.4) is 0 Å². The van der Waals surface area contributed by atoms with E-state index in [0.29, 0.717) is 19.3 Å². The van der Waals surface area contributed by atoms with E-state index in [9.17, 15) is 34.2 Å². The van der Waals surface area contributed by atoms with E-state index < -0.39 is 36.7 Å². The molecular weight excluding hydrogens is 395 g/mol. The van der Waals surface area contributed by atoms with Crippen LogP contribution in [0.15, 0.2) is 11.6 Å². The van der Waals surface area contributed by atoms with Crippen LogP contribution >= 0.6 is 7.60 Å². The third kappa shape index (κ3) is 3.04. The molecule has 4 N–H and O–H groups in total. The average molecular weight is 426 g/mol. The minimum atomic E-state index is -4.59. The number of allylic oxidation sites excluding steroid dienone is 1. The molecule has 0 aliphatic heterocycles. The summed E-state index contributed by atoms with van der Waals surface area (Å²) in [5.74, 6) is -0.599. The first kappa shape index (κ1) is 21.4. The number of carbonyl (C=O) groups is 2. The van der Waals surface area contributed by atoms with E-state index in [1.807, 2.05) is 0 Å². The molecule has 0 aromatic rings. The molecule has 29 heavy (non-hydrogen) atoms. The number of hydrogen-bond donors (Lipinski definition) is 4. The molecule has 4 unspecified atom stereocenters. The molecule has 0 spiro atoms. The summed E-state index contributed by atoms with van der Waals surface area (Å²) >= 11 is 0. The molecule has 0 radical (unpaired) electrons. The van der Waals surface area contributed by atoms with Crippen LogP contribution in [0.25, 0.3) is 0 Å². The minimum Gasteiger partial charge on any atom is -0.393 e. The van der Waals surface area contributed by atoms with E-state index >= 15 is 0 Å². The van der Waals surface area contributed by atoms with Gasteiger partial charge in [0.1, 0.15) is 11.8 Å². The Hall–Kier alpha value is -0.850. The van der Waals surface area contributed by atoms with Crippen molar-refractivity contribution in [2.45, 2.75) is 70.5 Å². The van der Waals surface area contributed by atoms with Gasteiger partial charge in [-0.05, 0) is 67.8 Å². The smallest absolute Gasteiger partial charge is 0.333 e. The molecule has 0 amide bonds. The van der Waals surface area contributed by atoms with Crippen molar-refractivity contribution >= 4 is 19.2 Å². The maximum atomic E-state index is 12.8. The number of fused-ring (bicyclic) bond motifs is 5. The van der Waals surface area contributed by atoms with Gasteiger partial charge in [0.15, 0.2) is 11.6 Å². The van der Waals surface area contributed by atoms with Gasteiger partial charge in [0.2, 0.25) is 0 Å². The minimum absolute atomic E-state index is 0.00220. The lowest BCUT2D eigenvalue weighted by Crippen LogP contribution is -2.62. The number of carbonyl (C=O) groups excluding carboxylic acids is 2. The van der Waals surface area contributed by atoms with E-state index in [-0.39, 0.29) is 41.8 Å². The molecule has 0 aromatic heterocycles. The number of Topliss-reactive ketones (excluding diaryl/α,β-unsaturated/α-hetero) is 1. The highest BCUT2D eigenvalue weighted by molar-refractivity contribution is 7.52. The molecule has 8 heteroatoms. The van der Waals surface area contributed by atoms with E-state index in [1.165, 1.54) is 0 Å². The molecule has 0 heterocycles. The number of hydrogen-bond acceptors (Lipinski definition) is 5. The zero-order valence-electron chi connectivity index (χ0n) is 17.0. The second-order valence-electron chi connectivity index (χ2n) is 10.2. The molecule has 4 aliphatic carbocycles. The second-order valence-corrected chi connectivity index (χ2v) is 11.9. The highest BCUT2D eigenvalue weighted by atomic mass is 31.2. The Labute approximate surface area is 170 Å². The van der Waals surface area contributed by atoms with Gasteiger partial charge in [-0.25, -0.2) is 0 Å². The summed E-state index contributed by atoms with van der Waals surface area (Å²) in [4.78, 5) is 43.2. The Morgan fingerprint density at radius 2 is 1.90 bits per heavy atom. The summed E-state index contributed by atoms with van der Waals surface area (Å²) < 4.78 is 11.4. The van der Waals surface area contributed by atoms with Crippen molar-refractivity contribution in [2.24, 2.45) is 28.6 Å². The van der Waals surface area contributed by atoms with E-state index in [1.54, 1.807) is 13.0 Å². The van der Waals surface area contributed by atoms with Crippen LogP contribution in [0.4, 0.5) is 0 Å². The Morgan fingerprint density at radius 3 is 2.55 bits per heavy atom. The molecule has 7 atom stereocenters. The lowest BCUT2D eigenvalue weighted by Gasteiger charge is -2.60. The molecule has 3 saturated carbocycles. The first-order valence-electron chi connectivity index (χ1n) is 10.5. The van der Waals surface area contributed by atoms with Gasteiger partial charge in [-0.3, -0.25) is 14.2 Å². The lowest BCUT2D eigenvalue weighted by molar-refractivity contribution is -0.179. The molecule has 4 aliphatic rings. The highest BCUT2D eigenvalue weighted by Gasteiger charge is 2.68. The van der Waals surface area contributed by atoms with Crippen LogP contribution in [0, 0.1) is 28.6 Å². The third-order valence-electron chi connectivity index (χ3n) is 8.86. The largest absolute Gasteiger partial charge is 0.393 e. The van der Waals surface area contributed by atoms with Crippen molar-refractivity contribution in [3.8, 4) is 0 Å². The van der Waals surface area contributed by atoms with Crippen molar-refractivity contribution in [1.29, 1.82) is 0 Å². The summed E-state index contributed by atoms with van der Waals surface area (Å²) in [5.41, 5.74) is -1.89. The monoisotopic (exact) mass is 426 g/mol. The van der Waals surface area contributed by atoms with E-state index in [4.69, 9.17) is 0 Å². The molecular formula is C21H31O7P. The van der Waals surface area contributed by atoms with Crippen LogP contribution < -0.4 is 0 Å². The number of rotatable bonds is 3. The molecule has 0 aromatic carbocycles. The van der Waals surface area contributed by atoms with Gasteiger partial charge in [-0.2, -0.15) is 0 Å².